The van der Waals surface area contributed by atoms with Crippen LogP contribution in [0.15, 0.2) is 59.5 Å². The number of piperidine rings is 1. The maximum Gasteiger partial charge on any atom is 0.265 e. The highest BCUT2D eigenvalue weighted by atomic mass is 16.2. The molecule has 0 spiro atoms. The Labute approximate surface area is 164 Å². The molecule has 1 saturated heterocycles. The Balaban J connectivity index is 1.82. The Morgan fingerprint density at radius 3 is 2.75 bits per heavy atom. The number of aromatic nitrogens is 2. The molecule has 0 unspecified atom stereocenters. The molecule has 4 rings (SSSR count). The summed E-state index contributed by atoms with van der Waals surface area (Å²) in [4.78, 5) is 33.0. The number of rotatable bonds is 4. The average Bonchev–Trinajstić information content (AvgIpc) is 2.75. The number of hydrogen-bond donors (Lipinski definition) is 0. The molecule has 1 aromatic carbocycles. The van der Waals surface area contributed by atoms with Crippen molar-refractivity contribution in [3.63, 3.8) is 0 Å². The van der Waals surface area contributed by atoms with Gasteiger partial charge < -0.3 is 4.90 Å². The van der Waals surface area contributed by atoms with Crippen LogP contribution in [0.5, 0.6) is 0 Å². The number of likely N-dealkylation sites (tertiary alicyclic amines) is 1. The SMILES string of the molecule is CC[C@@H]1CCCCN1C(=O)c1cc2cccnc2n(Cc2ccccc2)c1=O. The topological polar surface area (TPSA) is 55.2 Å². The molecule has 1 atom stereocenters. The van der Waals surface area contributed by atoms with Crippen molar-refractivity contribution in [3.05, 3.63) is 76.2 Å². The van der Waals surface area contributed by atoms with Crippen LogP contribution < -0.4 is 5.56 Å². The van der Waals surface area contributed by atoms with E-state index in [1.54, 1.807) is 16.8 Å². The molecular formula is C23H25N3O2. The van der Waals surface area contributed by atoms with Gasteiger partial charge in [-0.15, -0.1) is 0 Å². The van der Waals surface area contributed by atoms with Crippen molar-refractivity contribution in [2.24, 2.45) is 0 Å². The van der Waals surface area contributed by atoms with Gasteiger partial charge in [0.25, 0.3) is 11.5 Å². The van der Waals surface area contributed by atoms with Crippen molar-refractivity contribution >= 4 is 16.9 Å². The van der Waals surface area contributed by atoms with Crippen LogP contribution in [-0.4, -0.2) is 32.9 Å². The molecule has 3 heterocycles. The van der Waals surface area contributed by atoms with E-state index in [0.29, 0.717) is 12.2 Å². The predicted molar refractivity (Wildman–Crippen MR) is 111 cm³/mol. The minimum Gasteiger partial charge on any atom is -0.336 e. The second-order valence-electron chi connectivity index (χ2n) is 7.41. The third-order valence-corrected chi connectivity index (χ3v) is 5.62. The van der Waals surface area contributed by atoms with Gasteiger partial charge in [0.1, 0.15) is 11.2 Å². The number of benzene rings is 1. The minimum atomic E-state index is -0.263. The molecule has 0 N–H and O–H groups in total. The molecule has 5 heteroatoms. The highest BCUT2D eigenvalue weighted by Crippen LogP contribution is 2.22. The van der Waals surface area contributed by atoms with Gasteiger partial charge in [0.05, 0.1) is 6.54 Å². The van der Waals surface area contributed by atoms with Gasteiger partial charge in [0, 0.05) is 24.2 Å². The molecule has 2 aromatic heterocycles. The first-order valence-corrected chi connectivity index (χ1v) is 10.0. The first kappa shape index (κ1) is 18.4. The Kier molecular flexibility index (Phi) is 5.24. The van der Waals surface area contributed by atoms with E-state index < -0.39 is 0 Å². The zero-order chi connectivity index (χ0) is 19.5. The average molecular weight is 375 g/mol. The molecule has 5 nitrogen and oxygen atoms in total. The van der Waals surface area contributed by atoms with E-state index in [9.17, 15) is 9.59 Å². The van der Waals surface area contributed by atoms with E-state index in [2.05, 4.69) is 11.9 Å². The molecular weight excluding hydrogens is 350 g/mol. The lowest BCUT2D eigenvalue weighted by atomic mass is 9.99. The van der Waals surface area contributed by atoms with Crippen LogP contribution in [-0.2, 0) is 6.54 Å². The van der Waals surface area contributed by atoms with Crippen LogP contribution in [0.1, 0.15) is 48.5 Å². The van der Waals surface area contributed by atoms with Gasteiger partial charge in [-0.1, -0.05) is 37.3 Å². The van der Waals surface area contributed by atoms with Gasteiger partial charge in [-0.25, -0.2) is 4.98 Å². The van der Waals surface area contributed by atoms with E-state index in [-0.39, 0.29) is 23.1 Å². The van der Waals surface area contributed by atoms with Crippen LogP contribution in [0.25, 0.3) is 11.0 Å². The fraction of sp³-hybridized carbons (Fsp3) is 0.348. The Morgan fingerprint density at radius 2 is 1.96 bits per heavy atom. The van der Waals surface area contributed by atoms with Crippen LogP contribution in [0, 0.1) is 0 Å². The lowest BCUT2D eigenvalue weighted by Gasteiger charge is -2.35. The number of fused-ring (bicyclic) bond motifs is 1. The molecule has 0 bridgehead atoms. The van der Waals surface area contributed by atoms with Crippen molar-refractivity contribution in [2.45, 2.75) is 45.2 Å². The molecule has 3 aromatic rings. The lowest BCUT2D eigenvalue weighted by molar-refractivity contribution is 0.0606. The van der Waals surface area contributed by atoms with Crippen molar-refractivity contribution in [3.8, 4) is 0 Å². The maximum atomic E-state index is 13.3. The summed E-state index contributed by atoms with van der Waals surface area (Å²) in [6, 6.07) is 15.5. The highest BCUT2D eigenvalue weighted by molar-refractivity contribution is 5.97. The third kappa shape index (κ3) is 3.44. The molecule has 1 fully saturated rings. The molecule has 28 heavy (non-hydrogen) atoms. The van der Waals surface area contributed by atoms with Crippen molar-refractivity contribution < 1.29 is 4.79 Å². The van der Waals surface area contributed by atoms with E-state index in [1.165, 1.54) is 0 Å². The first-order valence-electron chi connectivity index (χ1n) is 10.0. The standard InChI is InChI=1S/C23H25N3O2/c1-2-19-12-6-7-14-25(19)22(27)20-15-18-11-8-13-24-21(18)26(23(20)28)16-17-9-4-3-5-10-17/h3-5,8-11,13,15,19H,2,6-7,12,14,16H2,1H3/t19-/m1/s1. The second-order valence-corrected chi connectivity index (χ2v) is 7.41. The van der Waals surface area contributed by atoms with E-state index in [1.807, 2.05) is 47.4 Å². The highest BCUT2D eigenvalue weighted by Gasteiger charge is 2.28. The summed E-state index contributed by atoms with van der Waals surface area (Å²) in [7, 11) is 0. The summed E-state index contributed by atoms with van der Waals surface area (Å²) in [5, 5.41) is 0.812. The van der Waals surface area contributed by atoms with Crippen molar-refractivity contribution in [2.75, 3.05) is 6.54 Å². The van der Waals surface area contributed by atoms with E-state index in [0.717, 1.165) is 43.2 Å². The molecule has 1 aliphatic heterocycles. The second kappa shape index (κ2) is 7.97. The Bertz CT molecular complexity index is 1040. The number of pyridine rings is 2. The summed E-state index contributed by atoms with van der Waals surface area (Å²) in [5.41, 5.74) is 1.60. The summed E-state index contributed by atoms with van der Waals surface area (Å²) >= 11 is 0. The summed E-state index contributed by atoms with van der Waals surface area (Å²) in [6.45, 7) is 3.22. The zero-order valence-corrected chi connectivity index (χ0v) is 16.2. The van der Waals surface area contributed by atoms with Crippen molar-refractivity contribution in [1.29, 1.82) is 0 Å². The first-order chi connectivity index (χ1) is 13.7. The normalized spacial score (nSPS) is 17.0. The van der Waals surface area contributed by atoms with Gasteiger partial charge in [-0.3, -0.25) is 14.2 Å². The van der Waals surface area contributed by atoms with Gasteiger partial charge in [0.2, 0.25) is 0 Å². The zero-order valence-electron chi connectivity index (χ0n) is 16.2. The molecule has 1 aliphatic rings. The van der Waals surface area contributed by atoms with Gasteiger partial charge in [-0.2, -0.15) is 0 Å². The quantitative estimate of drug-likeness (QED) is 0.696. The van der Waals surface area contributed by atoms with E-state index >= 15 is 0 Å². The van der Waals surface area contributed by atoms with Gasteiger partial charge in [-0.05, 0) is 49.4 Å². The Hall–Kier alpha value is -2.95. The molecule has 1 amide bonds. The molecule has 0 saturated carbocycles. The number of hydrogen-bond acceptors (Lipinski definition) is 3. The number of carbonyl (C=O) groups excluding carboxylic acids is 1. The number of nitrogens with zero attached hydrogens (tertiary/aromatic N) is 3. The summed E-state index contributed by atoms with van der Waals surface area (Å²) in [6.07, 6.45) is 5.74. The maximum absolute atomic E-state index is 13.3. The predicted octanol–water partition coefficient (Wildman–Crippen LogP) is 3.85. The Morgan fingerprint density at radius 1 is 1.14 bits per heavy atom. The minimum absolute atomic E-state index is 0.149. The third-order valence-electron chi connectivity index (χ3n) is 5.62. The van der Waals surface area contributed by atoms with Crippen LogP contribution in [0.4, 0.5) is 0 Å². The van der Waals surface area contributed by atoms with Crippen LogP contribution in [0.3, 0.4) is 0 Å². The monoisotopic (exact) mass is 375 g/mol. The smallest absolute Gasteiger partial charge is 0.265 e. The van der Waals surface area contributed by atoms with E-state index in [4.69, 9.17) is 0 Å². The summed E-state index contributed by atoms with van der Waals surface area (Å²) in [5.74, 6) is -0.149. The van der Waals surface area contributed by atoms with Gasteiger partial charge in [0.15, 0.2) is 0 Å². The lowest BCUT2D eigenvalue weighted by Crippen LogP contribution is -2.45. The number of amides is 1. The molecule has 144 valence electrons. The fourth-order valence-electron chi connectivity index (χ4n) is 4.12. The van der Waals surface area contributed by atoms with Crippen LogP contribution >= 0.6 is 0 Å². The molecule has 0 aliphatic carbocycles. The molecule has 0 radical (unpaired) electrons. The van der Waals surface area contributed by atoms with Gasteiger partial charge >= 0.3 is 0 Å². The van der Waals surface area contributed by atoms with Crippen LogP contribution in [0.2, 0.25) is 0 Å². The largest absolute Gasteiger partial charge is 0.336 e. The van der Waals surface area contributed by atoms with Crippen molar-refractivity contribution in [1.82, 2.24) is 14.5 Å². The summed E-state index contributed by atoms with van der Waals surface area (Å²) < 4.78 is 1.63. The fourth-order valence-corrected chi connectivity index (χ4v) is 4.12. The number of carbonyl (C=O) groups is 1.